The predicted octanol–water partition coefficient (Wildman–Crippen LogP) is 4.66. The molecule has 2 rings (SSSR count). The summed E-state index contributed by atoms with van der Waals surface area (Å²) < 4.78 is 19.0. The van der Waals surface area contributed by atoms with Crippen molar-refractivity contribution in [3.63, 3.8) is 0 Å². The number of para-hydroxylation sites is 1. The summed E-state index contributed by atoms with van der Waals surface area (Å²) in [7, 11) is 0. The number of nitrogens with one attached hydrogen (secondary N) is 1. The second-order valence-electron chi connectivity index (χ2n) is 4.19. The van der Waals surface area contributed by atoms with Crippen LogP contribution in [0.15, 0.2) is 55.1 Å². The molecule has 0 aromatic heterocycles. The first-order chi connectivity index (χ1) is 9.70. The van der Waals surface area contributed by atoms with E-state index < -0.39 is 0 Å². The fourth-order valence-electron chi connectivity index (χ4n) is 1.72. The van der Waals surface area contributed by atoms with Crippen molar-refractivity contribution in [3.05, 3.63) is 71.5 Å². The van der Waals surface area contributed by atoms with Crippen LogP contribution in [0, 0.1) is 5.82 Å². The lowest BCUT2D eigenvalue weighted by molar-refractivity contribution is 0.363. The maximum atomic E-state index is 13.6. The number of anilines is 1. The Morgan fingerprint density at radius 2 is 1.95 bits per heavy atom. The Morgan fingerprint density at radius 1 is 1.20 bits per heavy atom. The molecule has 0 bridgehead atoms. The normalized spacial score (nSPS) is 10.1. The third-order valence-electron chi connectivity index (χ3n) is 2.72. The van der Waals surface area contributed by atoms with Crippen LogP contribution >= 0.6 is 11.6 Å². The van der Waals surface area contributed by atoms with Crippen molar-refractivity contribution < 1.29 is 9.13 Å². The van der Waals surface area contributed by atoms with Crippen LogP contribution in [0.5, 0.6) is 5.75 Å². The molecule has 0 spiro atoms. The zero-order chi connectivity index (χ0) is 14.4. The minimum absolute atomic E-state index is 0.321. The van der Waals surface area contributed by atoms with Gasteiger partial charge in [-0.1, -0.05) is 42.5 Å². The maximum Gasteiger partial charge on any atom is 0.147 e. The van der Waals surface area contributed by atoms with Crippen LogP contribution in [0.2, 0.25) is 5.02 Å². The Hall–Kier alpha value is -2.00. The SMILES string of the molecule is C=CCOc1ccc(CNc2c(F)cccc2Cl)cc1. The van der Waals surface area contributed by atoms with E-state index in [1.165, 1.54) is 6.07 Å². The lowest BCUT2D eigenvalue weighted by Gasteiger charge is -2.10. The molecule has 0 saturated heterocycles. The van der Waals surface area contributed by atoms with Crippen LogP contribution in [0.3, 0.4) is 0 Å². The van der Waals surface area contributed by atoms with Crippen molar-refractivity contribution in [2.75, 3.05) is 11.9 Å². The topological polar surface area (TPSA) is 21.3 Å². The van der Waals surface area contributed by atoms with E-state index in [4.69, 9.17) is 16.3 Å². The molecule has 4 heteroatoms. The second kappa shape index (κ2) is 6.96. The van der Waals surface area contributed by atoms with E-state index in [0.29, 0.717) is 23.9 Å². The molecule has 20 heavy (non-hydrogen) atoms. The quantitative estimate of drug-likeness (QED) is 0.782. The van der Waals surface area contributed by atoms with Crippen molar-refractivity contribution >= 4 is 17.3 Å². The predicted molar refractivity (Wildman–Crippen MR) is 80.9 cm³/mol. The molecule has 104 valence electrons. The van der Waals surface area contributed by atoms with Crippen LogP contribution in [-0.2, 0) is 6.54 Å². The molecule has 0 amide bonds. The van der Waals surface area contributed by atoms with Crippen LogP contribution in [0.1, 0.15) is 5.56 Å². The first-order valence-corrected chi connectivity index (χ1v) is 6.59. The van der Waals surface area contributed by atoms with Gasteiger partial charge in [0.2, 0.25) is 0 Å². The zero-order valence-electron chi connectivity index (χ0n) is 10.9. The zero-order valence-corrected chi connectivity index (χ0v) is 11.7. The Balaban J connectivity index is 1.98. The summed E-state index contributed by atoms with van der Waals surface area (Å²) in [6, 6.07) is 12.2. The average molecular weight is 292 g/mol. The highest BCUT2D eigenvalue weighted by atomic mass is 35.5. The highest BCUT2D eigenvalue weighted by molar-refractivity contribution is 6.33. The van der Waals surface area contributed by atoms with E-state index in [0.717, 1.165) is 11.3 Å². The highest BCUT2D eigenvalue weighted by Crippen LogP contribution is 2.25. The van der Waals surface area contributed by atoms with Crippen LogP contribution < -0.4 is 10.1 Å². The van der Waals surface area contributed by atoms with Crippen molar-refractivity contribution in [1.29, 1.82) is 0 Å². The molecule has 0 aliphatic carbocycles. The van der Waals surface area contributed by atoms with Gasteiger partial charge >= 0.3 is 0 Å². The van der Waals surface area contributed by atoms with E-state index in [9.17, 15) is 4.39 Å². The molecule has 0 heterocycles. The lowest BCUT2D eigenvalue weighted by atomic mass is 10.2. The molecule has 0 aliphatic heterocycles. The van der Waals surface area contributed by atoms with Gasteiger partial charge in [0.05, 0.1) is 10.7 Å². The van der Waals surface area contributed by atoms with Gasteiger partial charge in [-0.25, -0.2) is 4.39 Å². The van der Waals surface area contributed by atoms with Gasteiger partial charge in [-0.15, -0.1) is 0 Å². The second-order valence-corrected chi connectivity index (χ2v) is 4.60. The summed E-state index contributed by atoms with van der Waals surface area (Å²) >= 11 is 5.95. The van der Waals surface area contributed by atoms with Crippen molar-refractivity contribution in [3.8, 4) is 5.75 Å². The summed E-state index contributed by atoms with van der Waals surface area (Å²) in [4.78, 5) is 0. The first-order valence-electron chi connectivity index (χ1n) is 6.21. The number of ether oxygens (including phenoxy) is 1. The molecule has 2 aromatic rings. The molecule has 0 atom stereocenters. The van der Waals surface area contributed by atoms with Gasteiger partial charge in [0.15, 0.2) is 0 Å². The fourth-order valence-corrected chi connectivity index (χ4v) is 1.95. The molecule has 2 aromatic carbocycles. The number of rotatable bonds is 6. The van der Waals surface area contributed by atoms with Gasteiger partial charge in [0.1, 0.15) is 18.2 Å². The Labute approximate surface area is 122 Å². The Kier molecular flexibility index (Phi) is 5.02. The van der Waals surface area contributed by atoms with E-state index in [-0.39, 0.29) is 5.82 Å². The minimum atomic E-state index is -0.358. The monoisotopic (exact) mass is 291 g/mol. The minimum Gasteiger partial charge on any atom is -0.490 e. The van der Waals surface area contributed by atoms with Gasteiger partial charge < -0.3 is 10.1 Å². The summed E-state index contributed by atoms with van der Waals surface area (Å²) in [6.45, 7) is 4.55. The third kappa shape index (κ3) is 3.75. The molecular formula is C16H15ClFNO. The number of benzene rings is 2. The molecule has 0 fully saturated rings. The Bertz CT molecular complexity index is 563. The maximum absolute atomic E-state index is 13.6. The summed E-state index contributed by atoms with van der Waals surface area (Å²) in [5.74, 6) is 0.418. The van der Waals surface area contributed by atoms with Crippen molar-refractivity contribution in [2.45, 2.75) is 6.54 Å². The Morgan fingerprint density at radius 3 is 2.60 bits per heavy atom. The molecule has 0 aliphatic rings. The number of halogens is 2. The molecule has 2 nitrogen and oxygen atoms in total. The van der Waals surface area contributed by atoms with E-state index >= 15 is 0 Å². The molecule has 0 saturated carbocycles. The van der Waals surface area contributed by atoms with Gasteiger partial charge in [0, 0.05) is 6.54 Å². The average Bonchev–Trinajstić information content (AvgIpc) is 2.46. The molecular weight excluding hydrogens is 277 g/mol. The highest BCUT2D eigenvalue weighted by Gasteiger charge is 2.05. The van der Waals surface area contributed by atoms with E-state index in [1.54, 1.807) is 18.2 Å². The van der Waals surface area contributed by atoms with Gasteiger partial charge in [-0.2, -0.15) is 0 Å². The lowest BCUT2D eigenvalue weighted by Crippen LogP contribution is -2.02. The van der Waals surface area contributed by atoms with Crippen LogP contribution in [-0.4, -0.2) is 6.61 Å². The summed E-state index contributed by atoms with van der Waals surface area (Å²) in [5.41, 5.74) is 1.33. The first kappa shape index (κ1) is 14.4. The standard InChI is InChI=1S/C16H15ClFNO/c1-2-10-20-13-8-6-12(7-9-13)11-19-16-14(17)4-3-5-15(16)18/h2-9,19H,1,10-11H2. The fraction of sp³-hybridized carbons (Fsp3) is 0.125. The largest absolute Gasteiger partial charge is 0.490 e. The van der Waals surface area contributed by atoms with Crippen molar-refractivity contribution in [2.24, 2.45) is 0 Å². The van der Waals surface area contributed by atoms with E-state index in [1.807, 2.05) is 24.3 Å². The van der Waals surface area contributed by atoms with E-state index in [2.05, 4.69) is 11.9 Å². The van der Waals surface area contributed by atoms with Crippen LogP contribution in [0.4, 0.5) is 10.1 Å². The van der Waals surface area contributed by atoms with Crippen molar-refractivity contribution in [1.82, 2.24) is 0 Å². The number of hydrogen-bond donors (Lipinski definition) is 1. The summed E-state index contributed by atoms with van der Waals surface area (Å²) in [6.07, 6.45) is 1.69. The smallest absolute Gasteiger partial charge is 0.147 e. The molecule has 0 unspecified atom stereocenters. The molecule has 1 N–H and O–H groups in total. The third-order valence-corrected chi connectivity index (χ3v) is 3.04. The van der Waals surface area contributed by atoms with Gasteiger partial charge in [-0.05, 0) is 29.8 Å². The molecule has 0 radical (unpaired) electrons. The number of hydrogen-bond acceptors (Lipinski definition) is 2. The van der Waals surface area contributed by atoms with Gasteiger partial charge in [-0.3, -0.25) is 0 Å². The summed E-state index contributed by atoms with van der Waals surface area (Å²) in [5, 5.41) is 3.37. The van der Waals surface area contributed by atoms with Crippen LogP contribution in [0.25, 0.3) is 0 Å². The van der Waals surface area contributed by atoms with Gasteiger partial charge in [0.25, 0.3) is 0 Å².